The highest BCUT2D eigenvalue weighted by Gasteiger charge is 2.15. The number of hydrogen-bond donors (Lipinski definition) is 1. The van der Waals surface area contributed by atoms with E-state index in [-0.39, 0.29) is 11.5 Å². The monoisotopic (exact) mass is 299 g/mol. The van der Waals surface area contributed by atoms with Crippen LogP contribution in [0.15, 0.2) is 22.7 Å². The summed E-state index contributed by atoms with van der Waals surface area (Å²) in [4.78, 5) is 4.03. The highest BCUT2D eigenvalue weighted by atomic mass is 19.3. The third-order valence-corrected chi connectivity index (χ3v) is 2.65. The van der Waals surface area contributed by atoms with Crippen molar-refractivity contribution in [2.45, 2.75) is 26.6 Å². The third kappa shape index (κ3) is 4.12. The van der Waals surface area contributed by atoms with Gasteiger partial charge in [-0.25, -0.2) is 0 Å². The minimum absolute atomic E-state index is 0.0178. The van der Waals surface area contributed by atoms with Gasteiger partial charge in [0.25, 0.3) is 0 Å². The van der Waals surface area contributed by atoms with E-state index in [1.165, 1.54) is 7.11 Å². The molecule has 8 heteroatoms. The van der Waals surface area contributed by atoms with Crippen LogP contribution < -0.4 is 14.8 Å². The molecule has 1 N–H and O–H groups in total. The van der Waals surface area contributed by atoms with Gasteiger partial charge in [0.2, 0.25) is 5.89 Å². The zero-order valence-electron chi connectivity index (χ0n) is 11.6. The van der Waals surface area contributed by atoms with Gasteiger partial charge in [-0.1, -0.05) is 17.3 Å². The summed E-state index contributed by atoms with van der Waals surface area (Å²) < 4.78 is 39.4. The number of para-hydroxylation sites is 1. The first-order valence-electron chi connectivity index (χ1n) is 6.20. The van der Waals surface area contributed by atoms with Crippen molar-refractivity contribution in [2.24, 2.45) is 0 Å². The first-order chi connectivity index (χ1) is 10.1. The van der Waals surface area contributed by atoms with Gasteiger partial charge in [0, 0.05) is 12.1 Å². The largest absolute Gasteiger partial charge is 0.493 e. The third-order valence-electron chi connectivity index (χ3n) is 2.65. The summed E-state index contributed by atoms with van der Waals surface area (Å²) in [6.45, 7) is -0.588. The number of aromatic nitrogens is 2. The maximum Gasteiger partial charge on any atom is 0.387 e. The molecule has 21 heavy (non-hydrogen) atoms. The average Bonchev–Trinajstić information content (AvgIpc) is 2.85. The topological polar surface area (TPSA) is 69.4 Å². The Kier molecular flexibility index (Phi) is 5.04. The zero-order valence-corrected chi connectivity index (χ0v) is 11.6. The molecular formula is C13H15F2N3O3. The molecule has 0 aliphatic carbocycles. The van der Waals surface area contributed by atoms with E-state index in [1.54, 1.807) is 25.1 Å². The normalized spacial score (nSPS) is 10.9. The SMILES string of the molecule is COc1cccc(CNCc2nc(C)no2)c1OC(F)F. The summed E-state index contributed by atoms with van der Waals surface area (Å²) in [6, 6.07) is 4.93. The van der Waals surface area contributed by atoms with Crippen LogP contribution in [-0.2, 0) is 13.1 Å². The molecule has 0 atom stereocenters. The number of rotatable bonds is 7. The molecule has 0 radical (unpaired) electrons. The summed E-state index contributed by atoms with van der Waals surface area (Å²) in [5, 5.41) is 6.68. The van der Waals surface area contributed by atoms with Crippen molar-refractivity contribution in [1.29, 1.82) is 0 Å². The molecule has 1 heterocycles. The number of alkyl halides is 2. The molecule has 0 amide bonds. The predicted molar refractivity (Wildman–Crippen MR) is 69.2 cm³/mol. The van der Waals surface area contributed by atoms with E-state index in [0.29, 0.717) is 30.4 Å². The number of nitrogens with one attached hydrogen (secondary N) is 1. The molecule has 2 rings (SSSR count). The van der Waals surface area contributed by atoms with Crippen LogP contribution in [-0.4, -0.2) is 23.9 Å². The zero-order chi connectivity index (χ0) is 15.2. The van der Waals surface area contributed by atoms with Gasteiger partial charge in [0.1, 0.15) is 0 Å². The van der Waals surface area contributed by atoms with Gasteiger partial charge < -0.3 is 19.3 Å². The molecule has 1 aromatic heterocycles. The summed E-state index contributed by atoms with van der Waals surface area (Å²) in [6.07, 6.45) is 0. The van der Waals surface area contributed by atoms with Gasteiger partial charge in [-0.3, -0.25) is 0 Å². The van der Waals surface area contributed by atoms with Crippen LogP contribution in [0.25, 0.3) is 0 Å². The molecule has 0 bridgehead atoms. The van der Waals surface area contributed by atoms with E-state index < -0.39 is 6.61 Å². The molecule has 114 valence electrons. The highest BCUT2D eigenvalue weighted by Crippen LogP contribution is 2.32. The number of methoxy groups -OCH3 is 1. The summed E-state index contributed by atoms with van der Waals surface area (Å²) in [5.41, 5.74) is 0.547. The van der Waals surface area contributed by atoms with E-state index in [4.69, 9.17) is 9.26 Å². The molecule has 0 spiro atoms. The van der Waals surface area contributed by atoms with Crippen LogP contribution in [0.2, 0.25) is 0 Å². The Morgan fingerprint density at radius 1 is 1.33 bits per heavy atom. The lowest BCUT2D eigenvalue weighted by atomic mass is 10.2. The summed E-state index contributed by atoms with van der Waals surface area (Å²) >= 11 is 0. The molecular weight excluding hydrogens is 284 g/mol. The lowest BCUT2D eigenvalue weighted by molar-refractivity contribution is -0.0518. The maximum absolute atomic E-state index is 12.5. The second-order valence-electron chi connectivity index (χ2n) is 4.17. The Bertz CT molecular complexity index is 590. The van der Waals surface area contributed by atoms with Crippen LogP contribution >= 0.6 is 0 Å². The number of ether oxygens (including phenoxy) is 2. The molecule has 0 aliphatic rings. The van der Waals surface area contributed by atoms with Crippen molar-refractivity contribution >= 4 is 0 Å². The van der Waals surface area contributed by atoms with Crippen molar-refractivity contribution < 1.29 is 22.8 Å². The Morgan fingerprint density at radius 3 is 2.76 bits per heavy atom. The Labute approximate surface area is 120 Å². The molecule has 1 aromatic carbocycles. The van der Waals surface area contributed by atoms with Gasteiger partial charge in [-0.15, -0.1) is 0 Å². The van der Waals surface area contributed by atoms with Crippen LogP contribution in [0.3, 0.4) is 0 Å². The number of nitrogens with zero attached hydrogens (tertiary/aromatic N) is 2. The van der Waals surface area contributed by atoms with E-state index in [0.717, 1.165) is 0 Å². The van der Waals surface area contributed by atoms with Gasteiger partial charge in [0.15, 0.2) is 17.3 Å². The fourth-order valence-corrected chi connectivity index (χ4v) is 1.80. The average molecular weight is 299 g/mol. The Balaban J connectivity index is 2.04. The van der Waals surface area contributed by atoms with Crippen molar-refractivity contribution in [2.75, 3.05) is 7.11 Å². The number of benzene rings is 1. The molecule has 0 unspecified atom stereocenters. The van der Waals surface area contributed by atoms with Gasteiger partial charge in [0.05, 0.1) is 13.7 Å². The first-order valence-corrected chi connectivity index (χ1v) is 6.20. The molecule has 2 aromatic rings. The molecule has 0 fully saturated rings. The van der Waals surface area contributed by atoms with Crippen molar-refractivity contribution in [3.63, 3.8) is 0 Å². The molecule has 0 aliphatic heterocycles. The smallest absolute Gasteiger partial charge is 0.387 e. The minimum Gasteiger partial charge on any atom is -0.493 e. The van der Waals surface area contributed by atoms with Gasteiger partial charge >= 0.3 is 6.61 Å². The van der Waals surface area contributed by atoms with Gasteiger partial charge in [-0.2, -0.15) is 13.8 Å². The Morgan fingerprint density at radius 2 is 2.14 bits per heavy atom. The lowest BCUT2D eigenvalue weighted by Crippen LogP contribution is -2.15. The Hall–Kier alpha value is -2.22. The quantitative estimate of drug-likeness (QED) is 0.846. The maximum atomic E-state index is 12.5. The van der Waals surface area contributed by atoms with Crippen molar-refractivity contribution in [1.82, 2.24) is 15.5 Å². The minimum atomic E-state index is -2.92. The van der Waals surface area contributed by atoms with Crippen LogP contribution in [0.1, 0.15) is 17.3 Å². The first kappa shape index (κ1) is 15.2. The van der Waals surface area contributed by atoms with E-state index in [2.05, 4.69) is 20.2 Å². The lowest BCUT2D eigenvalue weighted by Gasteiger charge is -2.14. The van der Waals surface area contributed by atoms with E-state index in [1.807, 2.05) is 0 Å². The van der Waals surface area contributed by atoms with Crippen molar-refractivity contribution in [3.8, 4) is 11.5 Å². The molecule has 6 nitrogen and oxygen atoms in total. The standard InChI is InChI=1S/C13H15F2N3O3/c1-8-17-11(21-18-8)7-16-6-9-4-3-5-10(19-2)12(9)20-13(14)15/h3-5,13,16H,6-7H2,1-2H3. The van der Waals surface area contributed by atoms with Crippen LogP contribution in [0.5, 0.6) is 11.5 Å². The number of halogens is 2. The molecule has 0 saturated heterocycles. The second-order valence-corrected chi connectivity index (χ2v) is 4.17. The molecule has 0 saturated carbocycles. The number of aryl methyl sites for hydroxylation is 1. The second kappa shape index (κ2) is 6.98. The summed E-state index contributed by atoms with van der Waals surface area (Å²) in [7, 11) is 1.39. The number of hydrogen-bond acceptors (Lipinski definition) is 6. The van der Waals surface area contributed by atoms with Crippen LogP contribution in [0, 0.1) is 6.92 Å². The van der Waals surface area contributed by atoms with Crippen molar-refractivity contribution in [3.05, 3.63) is 35.5 Å². The fraction of sp³-hybridized carbons (Fsp3) is 0.385. The fourth-order valence-electron chi connectivity index (χ4n) is 1.80. The summed E-state index contributed by atoms with van der Waals surface area (Å²) in [5.74, 6) is 1.23. The van der Waals surface area contributed by atoms with Crippen LogP contribution in [0.4, 0.5) is 8.78 Å². The van der Waals surface area contributed by atoms with E-state index >= 15 is 0 Å². The van der Waals surface area contributed by atoms with E-state index in [9.17, 15) is 8.78 Å². The predicted octanol–water partition coefficient (Wildman–Crippen LogP) is 2.28. The highest BCUT2D eigenvalue weighted by molar-refractivity contribution is 5.46. The van der Waals surface area contributed by atoms with Gasteiger partial charge in [-0.05, 0) is 13.0 Å².